The molecule has 6 heteroatoms. The van der Waals surface area contributed by atoms with E-state index in [9.17, 15) is 0 Å². The molecule has 2 rings (SSSR count). The molecule has 0 saturated carbocycles. The molecule has 2 aromatic rings. The summed E-state index contributed by atoms with van der Waals surface area (Å²) in [6.45, 7) is 0.931. The number of benzene rings is 1. The molecule has 0 unspecified atom stereocenters. The molecule has 4 nitrogen and oxygen atoms in total. The topological polar surface area (TPSA) is 51.0 Å². The summed E-state index contributed by atoms with van der Waals surface area (Å²) in [6.07, 6.45) is 2.30. The highest BCUT2D eigenvalue weighted by Gasteiger charge is 2.09. The van der Waals surface area contributed by atoms with Gasteiger partial charge in [-0.3, -0.25) is 0 Å². The zero-order chi connectivity index (χ0) is 13.7. The largest absolute Gasteiger partial charge is 0.339 e. The molecule has 0 aliphatic heterocycles. The van der Waals surface area contributed by atoms with Crippen molar-refractivity contribution in [3.8, 4) is 0 Å². The molecule has 0 bridgehead atoms. The zero-order valence-corrected chi connectivity index (χ0v) is 12.1. The van der Waals surface area contributed by atoms with Crippen LogP contribution in [0.25, 0.3) is 0 Å². The molecule has 0 fully saturated rings. The lowest BCUT2D eigenvalue weighted by molar-refractivity contribution is 0.370. The van der Waals surface area contributed by atoms with Crippen molar-refractivity contribution in [2.24, 2.45) is 0 Å². The Hall–Kier alpha value is -1.10. The second kappa shape index (κ2) is 6.89. The van der Waals surface area contributed by atoms with Crippen molar-refractivity contribution in [1.82, 2.24) is 15.5 Å². The lowest BCUT2D eigenvalue weighted by Crippen LogP contribution is -2.08. The molecule has 0 radical (unpaired) electrons. The third kappa shape index (κ3) is 4.20. The van der Waals surface area contributed by atoms with Crippen molar-refractivity contribution in [1.29, 1.82) is 0 Å². The molecule has 0 atom stereocenters. The quantitative estimate of drug-likeness (QED) is 0.833. The summed E-state index contributed by atoms with van der Waals surface area (Å²) in [7, 11) is 1.92. The van der Waals surface area contributed by atoms with Crippen LogP contribution in [0, 0.1) is 0 Å². The normalized spacial score (nSPS) is 10.9. The minimum atomic E-state index is 0.547. The molecule has 0 aliphatic rings. The summed E-state index contributed by atoms with van der Waals surface area (Å²) >= 11 is 12.0. The van der Waals surface area contributed by atoms with E-state index in [1.54, 1.807) is 12.1 Å². The molecule has 0 saturated heterocycles. The van der Waals surface area contributed by atoms with Gasteiger partial charge in [-0.15, -0.1) is 0 Å². The summed E-state index contributed by atoms with van der Waals surface area (Å²) < 4.78 is 5.19. The van der Waals surface area contributed by atoms with Crippen LogP contribution in [0.15, 0.2) is 22.7 Å². The van der Waals surface area contributed by atoms with E-state index in [2.05, 4.69) is 15.5 Å². The maximum Gasteiger partial charge on any atom is 0.226 e. The van der Waals surface area contributed by atoms with Crippen LogP contribution in [-0.2, 0) is 12.8 Å². The van der Waals surface area contributed by atoms with E-state index < -0.39 is 0 Å². The van der Waals surface area contributed by atoms with E-state index >= 15 is 0 Å². The molecule has 19 heavy (non-hydrogen) atoms. The van der Waals surface area contributed by atoms with Gasteiger partial charge >= 0.3 is 0 Å². The summed E-state index contributed by atoms with van der Waals surface area (Å²) in [6, 6.07) is 5.39. The smallest absolute Gasteiger partial charge is 0.226 e. The maximum absolute atomic E-state index is 6.11. The first-order valence-corrected chi connectivity index (χ1v) is 6.84. The van der Waals surface area contributed by atoms with Gasteiger partial charge in [0.15, 0.2) is 5.82 Å². The van der Waals surface area contributed by atoms with Crippen molar-refractivity contribution in [3.63, 3.8) is 0 Å². The standard InChI is InChI=1S/C13H15Cl2N3O/c1-16-6-2-3-13-17-12(18-19-13)7-9-4-5-10(14)8-11(9)15/h4-5,8,16H,2-3,6-7H2,1H3. The monoisotopic (exact) mass is 299 g/mol. The van der Waals surface area contributed by atoms with Gasteiger partial charge in [-0.2, -0.15) is 4.98 Å². The van der Waals surface area contributed by atoms with Gasteiger partial charge in [0.25, 0.3) is 0 Å². The Morgan fingerprint density at radius 2 is 2.16 bits per heavy atom. The molecular weight excluding hydrogens is 285 g/mol. The highest BCUT2D eigenvalue weighted by Crippen LogP contribution is 2.22. The second-order valence-electron chi connectivity index (χ2n) is 4.22. The molecule has 1 aromatic carbocycles. The number of aryl methyl sites for hydroxylation is 1. The predicted octanol–water partition coefficient (Wildman–Crippen LogP) is 3.12. The third-order valence-corrected chi connectivity index (χ3v) is 3.28. The van der Waals surface area contributed by atoms with E-state index in [4.69, 9.17) is 27.7 Å². The van der Waals surface area contributed by atoms with Crippen LogP contribution in [0.1, 0.15) is 23.7 Å². The molecule has 0 spiro atoms. The van der Waals surface area contributed by atoms with Gasteiger partial charge in [0.1, 0.15) is 0 Å². The maximum atomic E-state index is 6.11. The minimum absolute atomic E-state index is 0.547. The van der Waals surface area contributed by atoms with Crippen LogP contribution in [0.2, 0.25) is 10.0 Å². The second-order valence-corrected chi connectivity index (χ2v) is 5.07. The summed E-state index contributed by atoms with van der Waals surface area (Å²) in [5.74, 6) is 1.30. The van der Waals surface area contributed by atoms with Crippen LogP contribution in [0.4, 0.5) is 0 Å². The highest BCUT2D eigenvalue weighted by atomic mass is 35.5. The molecular formula is C13H15Cl2N3O. The fourth-order valence-electron chi connectivity index (χ4n) is 1.72. The fourth-order valence-corrected chi connectivity index (χ4v) is 2.19. The first-order valence-electron chi connectivity index (χ1n) is 6.09. The Kier molecular flexibility index (Phi) is 5.19. The first kappa shape index (κ1) is 14.3. The number of hydrogen-bond acceptors (Lipinski definition) is 4. The molecule has 1 N–H and O–H groups in total. The molecule has 1 heterocycles. The van der Waals surface area contributed by atoms with Crippen molar-refractivity contribution < 1.29 is 4.52 Å². The van der Waals surface area contributed by atoms with E-state index in [1.807, 2.05) is 13.1 Å². The Balaban J connectivity index is 1.99. The van der Waals surface area contributed by atoms with Gasteiger partial charge in [-0.1, -0.05) is 34.4 Å². The lowest BCUT2D eigenvalue weighted by Gasteiger charge is -2.00. The van der Waals surface area contributed by atoms with Crippen molar-refractivity contribution in [2.75, 3.05) is 13.6 Å². The average molecular weight is 300 g/mol. The summed E-state index contributed by atoms with van der Waals surface area (Å²) in [5.41, 5.74) is 0.939. The Morgan fingerprint density at radius 1 is 1.32 bits per heavy atom. The van der Waals surface area contributed by atoms with Gasteiger partial charge in [0.05, 0.1) is 0 Å². The number of hydrogen-bond donors (Lipinski definition) is 1. The molecule has 0 aliphatic carbocycles. The van der Waals surface area contributed by atoms with Crippen LogP contribution >= 0.6 is 23.2 Å². The van der Waals surface area contributed by atoms with E-state index in [-0.39, 0.29) is 0 Å². The fraction of sp³-hybridized carbons (Fsp3) is 0.385. The first-order chi connectivity index (χ1) is 9.19. The predicted molar refractivity (Wildman–Crippen MR) is 75.8 cm³/mol. The van der Waals surface area contributed by atoms with Crippen LogP contribution in [-0.4, -0.2) is 23.7 Å². The third-order valence-electron chi connectivity index (χ3n) is 2.69. The van der Waals surface area contributed by atoms with Crippen molar-refractivity contribution >= 4 is 23.2 Å². The van der Waals surface area contributed by atoms with E-state index in [0.29, 0.717) is 28.2 Å². The Morgan fingerprint density at radius 3 is 2.89 bits per heavy atom. The lowest BCUT2D eigenvalue weighted by atomic mass is 10.1. The number of nitrogens with zero attached hydrogens (tertiary/aromatic N) is 2. The summed E-state index contributed by atoms with van der Waals surface area (Å²) in [5, 5.41) is 8.27. The number of halogens is 2. The Bertz CT molecular complexity index is 542. The average Bonchev–Trinajstić information content (AvgIpc) is 2.81. The van der Waals surface area contributed by atoms with Crippen LogP contribution in [0.5, 0.6) is 0 Å². The van der Waals surface area contributed by atoms with E-state index in [0.717, 1.165) is 24.9 Å². The van der Waals surface area contributed by atoms with E-state index in [1.165, 1.54) is 0 Å². The van der Waals surface area contributed by atoms with Gasteiger partial charge < -0.3 is 9.84 Å². The van der Waals surface area contributed by atoms with Crippen LogP contribution in [0.3, 0.4) is 0 Å². The highest BCUT2D eigenvalue weighted by molar-refractivity contribution is 6.35. The van der Waals surface area contributed by atoms with Crippen molar-refractivity contribution in [3.05, 3.63) is 45.5 Å². The zero-order valence-electron chi connectivity index (χ0n) is 10.6. The van der Waals surface area contributed by atoms with Gasteiger partial charge in [-0.25, -0.2) is 0 Å². The molecule has 1 aromatic heterocycles. The van der Waals surface area contributed by atoms with Gasteiger partial charge in [0, 0.05) is 22.9 Å². The van der Waals surface area contributed by atoms with Gasteiger partial charge in [0.2, 0.25) is 5.89 Å². The number of rotatable bonds is 6. The molecule has 102 valence electrons. The van der Waals surface area contributed by atoms with Crippen molar-refractivity contribution in [2.45, 2.75) is 19.3 Å². The minimum Gasteiger partial charge on any atom is -0.339 e. The Labute approximate surface area is 122 Å². The number of aromatic nitrogens is 2. The van der Waals surface area contributed by atoms with Gasteiger partial charge in [-0.05, 0) is 37.7 Å². The van der Waals surface area contributed by atoms with Crippen LogP contribution < -0.4 is 5.32 Å². The molecule has 0 amide bonds. The number of nitrogens with one attached hydrogen (secondary N) is 1. The summed E-state index contributed by atoms with van der Waals surface area (Å²) in [4.78, 5) is 4.34. The SMILES string of the molecule is CNCCCc1nc(Cc2ccc(Cl)cc2Cl)no1.